The van der Waals surface area contributed by atoms with Gasteiger partial charge in [-0.05, 0) is 97.7 Å². The van der Waals surface area contributed by atoms with E-state index in [1.165, 1.54) is 4.90 Å². The van der Waals surface area contributed by atoms with Crippen molar-refractivity contribution in [2.24, 2.45) is 0 Å². The Morgan fingerprint density at radius 3 is 1.68 bits per heavy atom. The Balaban J connectivity index is 0.000000275. The quantitative estimate of drug-likeness (QED) is 0.343. The standard InChI is InChI=1S/C16H20BrFN2O3.C10H16FNO4.C5H5BrN2/c1-16(2,3)23-15(22)20-9-10(18)7-12(20)13(21)8-11-5-4-6-14(17)19-11;1-10(2,3)16-9(15)12-5-6(11)4-7(12)8(13)14;6-4-2-1-3-5(7)8-4/h4-6,10,12H,7-9H2,1-3H3;6-7H,4-5H2,1-3H3,(H,13,14);1-3H,(H2,7,8)/t10-,12+;6-,7+;/m11./s1. The second kappa shape index (κ2) is 17.1. The Hall–Kier alpha value is -3.40. The molecule has 0 aliphatic carbocycles. The van der Waals surface area contributed by atoms with E-state index in [2.05, 4.69) is 41.8 Å². The fourth-order valence-electron chi connectivity index (χ4n) is 4.42. The van der Waals surface area contributed by atoms with Crippen LogP contribution in [0.1, 0.15) is 60.1 Å². The molecule has 12 nitrogen and oxygen atoms in total. The van der Waals surface area contributed by atoms with Gasteiger partial charge in [0.05, 0.1) is 25.6 Å². The maximum absolute atomic E-state index is 13.8. The number of pyridine rings is 2. The number of amides is 2. The third kappa shape index (κ3) is 14.1. The van der Waals surface area contributed by atoms with Gasteiger partial charge < -0.3 is 20.3 Å². The molecule has 0 spiro atoms. The van der Waals surface area contributed by atoms with Crippen molar-refractivity contribution >= 4 is 61.6 Å². The molecule has 2 aliphatic rings. The maximum Gasteiger partial charge on any atom is 0.411 e. The van der Waals surface area contributed by atoms with Crippen LogP contribution < -0.4 is 5.73 Å². The summed E-state index contributed by atoms with van der Waals surface area (Å²) in [5.74, 6) is -0.896. The van der Waals surface area contributed by atoms with E-state index < -0.39 is 53.8 Å². The molecule has 2 amide bonds. The lowest BCUT2D eigenvalue weighted by Crippen LogP contribution is -2.44. The summed E-state index contributed by atoms with van der Waals surface area (Å²) >= 11 is 6.42. The van der Waals surface area contributed by atoms with Crippen LogP contribution in [-0.4, -0.2) is 97.5 Å². The van der Waals surface area contributed by atoms with Gasteiger partial charge in [0.15, 0.2) is 5.78 Å². The number of Topliss-reactive ketones (excluding diaryl/α,β-unsaturated/α-hetero) is 1. The molecule has 0 saturated carbocycles. The monoisotopic (exact) mass is 791 g/mol. The molecule has 2 aliphatic heterocycles. The first kappa shape index (κ1) is 39.8. The van der Waals surface area contributed by atoms with E-state index in [9.17, 15) is 28.0 Å². The van der Waals surface area contributed by atoms with Gasteiger partial charge in [-0.25, -0.2) is 33.1 Å². The highest BCUT2D eigenvalue weighted by atomic mass is 79.9. The molecule has 0 radical (unpaired) electrons. The fourth-order valence-corrected chi connectivity index (χ4v) is 5.16. The molecule has 16 heteroatoms. The Morgan fingerprint density at radius 2 is 1.28 bits per heavy atom. The molecule has 0 bridgehead atoms. The highest BCUT2D eigenvalue weighted by molar-refractivity contribution is 9.10. The summed E-state index contributed by atoms with van der Waals surface area (Å²) in [5.41, 5.74) is 4.49. The van der Waals surface area contributed by atoms with E-state index in [0.29, 0.717) is 16.1 Å². The van der Waals surface area contributed by atoms with Gasteiger partial charge in [-0.1, -0.05) is 12.1 Å². The average molecular weight is 794 g/mol. The van der Waals surface area contributed by atoms with Crippen molar-refractivity contribution in [2.45, 2.75) is 96.4 Å². The number of nitrogens with two attached hydrogens (primary N) is 1. The molecule has 0 aromatic carbocycles. The van der Waals surface area contributed by atoms with Crippen molar-refractivity contribution in [1.29, 1.82) is 0 Å². The van der Waals surface area contributed by atoms with Gasteiger partial charge in [0.2, 0.25) is 0 Å². The van der Waals surface area contributed by atoms with Crippen molar-refractivity contribution in [3.05, 3.63) is 51.3 Å². The third-order valence-corrected chi connectivity index (χ3v) is 7.16. The van der Waals surface area contributed by atoms with Gasteiger partial charge in [0, 0.05) is 18.5 Å². The van der Waals surface area contributed by atoms with Crippen LogP contribution in [0.5, 0.6) is 0 Å². The number of carboxylic acids is 1. The van der Waals surface area contributed by atoms with Gasteiger partial charge >= 0.3 is 18.2 Å². The minimum atomic E-state index is -1.30. The van der Waals surface area contributed by atoms with Crippen LogP contribution in [0.3, 0.4) is 0 Å². The number of nitrogen functional groups attached to an aromatic ring is 1. The molecular formula is C31H41Br2F2N5O7. The normalized spacial score (nSPS) is 20.7. The Bertz CT molecular complexity index is 1390. The van der Waals surface area contributed by atoms with Gasteiger partial charge in [0.1, 0.15) is 44.6 Å². The highest BCUT2D eigenvalue weighted by Crippen LogP contribution is 2.25. The summed E-state index contributed by atoms with van der Waals surface area (Å²) in [6.45, 7) is 9.88. The molecule has 4 heterocycles. The summed E-state index contributed by atoms with van der Waals surface area (Å²) in [5, 5.41) is 8.83. The maximum atomic E-state index is 13.8. The number of carboxylic acid groups (broad SMARTS) is 1. The molecule has 260 valence electrons. The predicted molar refractivity (Wildman–Crippen MR) is 177 cm³/mol. The van der Waals surface area contributed by atoms with E-state index in [4.69, 9.17) is 20.3 Å². The second-order valence-electron chi connectivity index (χ2n) is 12.8. The van der Waals surface area contributed by atoms with Crippen LogP contribution in [0.25, 0.3) is 0 Å². The van der Waals surface area contributed by atoms with Crippen molar-refractivity contribution in [1.82, 2.24) is 19.8 Å². The fraction of sp³-hybridized carbons (Fsp3) is 0.548. The molecule has 2 aromatic heterocycles. The molecule has 0 unspecified atom stereocenters. The third-order valence-electron chi connectivity index (χ3n) is 6.28. The van der Waals surface area contributed by atoms with Crippen molar-refractivity contribution < 1.29 is 42.5 Å². The number of halogens is 4. The number of alkyl halides is 2. The number of carbonyl (C=O) groups is 4. The zero-order valence-electron chi connectivity index (χ0n) is 27.1. The van der Waals surface area contributed by atoms with Gasteiger partial charge in [-0.3, -0.25) is 14.6 Å². The summed E-state index contributed by atoms with van der Waals surface area (Å²) in [7, 11) is 0. The highest BCUT2D eigenvalue weighted by Gasteiger charge is 2.42. The number of likely N-dealkylation sites (tertiary alicyclic amines) is 2. The summed E-state index contributed by atoms with van der Waals surface area (Å²) < 4.78 is 38.5. The predicted octanol–water partition coefficient (Wildman–Crippen LogP) is 6.15. The van der Waals surface area contributed by atoms with Crippen LogP contribution in [0.4, 0.5) is 24.2 Å². The van der Waals surface area contributed by atoms with Gasteiger partial charge in [0.25, 0.3) is 0 Å². The van der Waals surface area contributed by atoms with Crippen molar-refractivity contribution in [3.8, 4) is 0 Å². The first-order valence-electron chi connectivity index (χ1n) is 14.7. The number of hydrogen-bond donors (Lipinski definition) is 2. The second-order valence-corrected chi connectivity index (χ2v) is 14.4. The SMILES string of the molecule is CC(C)(C)OC(=O)N1C[C@H](F)C[C@H]1C(=O)Cc1cccc(Br)n1.CC(C)(C)OC(=O)N1C[C@H](F)C[C@H]1C(=O)O.Nc1cccc(Br)n1. The Morgan fingerprint density at radius 1 is 0.830 bits per heavy atom. The lowest BCUT2D eigenvalue weighted by molar-refractivity contribution is -0.142. The van der Waals surface area contributed by atoms with E-state index in [1.807, 2.05) is 12.1 Å². The van der Waals surface area contributed by atoms with Crippen LogP contribution in [0, 0.1) is 0 Å². The van der Waals surface area contributed by atoms with Crippen molar-refractivity contribution in [3.63, 3.8) is 0 Å². The minimum Gasteiger partial charge on any atom is -0.480 e. The lowest BCUT2D eigenvalue weighted by Gasteiger charge is -2.27. The average Bonchev–Trinajstić information content (AvgIpc) is 3.51. The van der Waals surface area contributed by atoms with E-state index in [-0.39, 0.29) is 38.1 Å². The van der Waals surface area contributed by atoms with Crippen LogP contribution in [0.15, 0.2) is 45.6 Å². The summed E-state index contributed by atoms with van der Waals surface area (Å²) in [4.78, 5) is 57.3. The van der Waals surface area contributed by atoms with E-state index in [1.54, 1.807) is 65.8 Å². The topological polar surface area (TPSA) is 165 Å². The zero-order valence-corrected chi connectivity index (χ0v) is 30.3. The number of ketones is 1. The van der Waals surface area contributed by atoms with Crippen molar-refractivity contribution in [2.75, 3.05) is 18.8 Å². The molecule has 47 heavy (non-hydrogen) atoms. The summed E-state index contributed by atoms with van der Waals surface area (Å²) in [6.07, 6.45) is -4.06. The minimum absolute atomic E-state index is 0.00603. The molecule has 4 atom stereocenters. The largest absolute Gasteiger partial charge is 0.480 e. The smallest absolute Gasteiger partial charge is 0.411 e. The van der Waals surface area contributed by atoms with E-state index >= 15 is 0 Å². The molecule has 4 rings (SSSR count). The Kier molecular flexibility index (Phi) is 14.5. The van der Waals surface area contributed by atoms with E-state index in [0.717, 1.165) is 9.50 Å². The first-order chi connectivity index (χ1) is 21.6. The molecule has 2 aromatic rings. The molecule has 3 N–H and O–H groups in total. The van der Waals surface area contributed by atoms with Crippen LogP contribution >= 0.6 is 31.9 Å². The molecular weight excluding hydrogens is 752 g/mol. The molecule has 2 fully saturated rings. The van der Waals surface area contributed by atoms with Crippen LogP contribution in [0.2, 0.25) is 0 Å². The zero-order chi connectivity index (χ0) is 35.7. The number of aliphatic carboxylic acids is 1. The summed E-state index contributed by atoms with van der Waals surface area (Å²) in [6, 6.07) is 8.74. The molecule has 2 saturated heterocycles. The number of anilines is 1. The van der Waals surface area contributed by atoms with Crippen LogP contribution in [-0.2, 0) is 25.5 Å². The lowest BCUT2D eigenvalue weighted by atomic mass is 10.0. The Labute approximate surface area is 289 Å². The number of rotatable bonds is 4. The number of carbonyl (C=O) groups excluding carboxylic acids is 3. The van der Waals surface area contributed by atoms with Gasteiger partial charge in [-0.2, -0.15) is 0 Å². The van der Waals surface area contributed by atoms with Gasteiger partial charge in [-0.15, -0.1) is 0 Å². The number of ether oxygens (including phenoxy) is 2. The first-order valence-corrected chi connectivity index (χ1v) is 16.3. The number of hydrogen-bond acceptors (Lipinski definition) is 9. The number of nitrogens with zero attached hydrogens (tertiary/aromatic N) is 4. The number of aromatic nitrogens is 2.